The molecular weight excluding hydrogens is 396 g/mol. The zero-order chi connectivity index (χ0) is 17.7. The summed E-state index contributed by atoms with van der Waals surface area (Å²) >= 11 is 8.59. The first-order chi connectivity index (χ1) is 11.0. The number of carbonyl (C=O) groups excluding carboxylic acids is 1. The molecule has 1 unspecified atom stereocenters. The van der Waals surface area contributed by atoms with Gasteiger partial charge in [0.2, 0.25) is 5.91 Å². The molecule has 0 aliphatic carbocycles. The number of unbranched alkanes of at least 4 members (excludes halogenated alkanes) is 1. The number of aromatic carboxylic acids is 1. The average molecular weight is 422 g/mol. The first-order valence-corrected chi connectivity index (χ1v) is 8.81. The van der Waals surface area contributed by atoms with Crippen molar-refractivity contribution in [1.82, 2.24) is 0 Å². The van der Waals surface area contributed by atoms with Gasteiger partial charge in [-0.25, -0.2) is 4.79 Å². The number of carboxylic acids is 1. The van der Waals surface area contributed by atoms with Crippen molar-refractivity contribution in [3.8, 4) is 0 Å². The van der Waals surface area contributed by atoms with Crippen LogP contribution in [0.2, 0.25) is 0 Å². The molecule has 1 atom stereocenters. The smallest absolute Gasteiger partial charge is 0.337 e. The van der Waals surface area contributed by atoms with Gasteiger partial charge in [-0.05, 0) is 37.1 Å². The summed E-state index contributed by atoms with van der Waals surface area (Å²) in [6.07, 6.45) is 4.00. The number of nitrogens with one attached hydrogen (secondary N) is 1. The molecule has 0 saturated carbocycles. The Bertz CT molecular complexity index is 487. The standard InChI is InChI=1S/C15H21NO3S2.C2H5.Zn/c17-14(8-4-1-5-11(21)9-10-20)16-13-7-3-2-6-12(13)15(18)19;1-2;/h2-3,6-7,11,20-21H,1,4-5,8-10H2,(H,16,17)(H,18,19);1H2,2H3;/q;-1;. The Morgan fingerprint density at radius 2 is 1.83 bits per heavy atom. The van der Waals surface area contributed by atoms with Gasteiger partial charge in [0.1, 0.15) is 0 Å². The molecule has 2 N–H and O–H groups in total. The van der Waals surface area contributed by atoms with Crippen LogP contribution >= 0.6 is 25.3 Å². The number of benzene rings is 1. The van der Waals surface area contributed by atoms with E-state index in [1.807, 2.05) is 0 Å². The van der Waals surface area contributed by atoms with Crippen LogP contribution in [0, 0.1) is 6.92 Å². The quantitative estimate of drug-likeness (QED) is 0.207. The second-order valence-electron chi connectivity index (χ2n) is 4.81. The fourth-order valence-corrected chi connectivity index (χ4v) is 2.78. The van der Waals surface area contributed by atoms with Crippen molar-refractivity contribution in [2.45, 2.75) is 44.3 Å². The molecule has 0 radical (unpaired) electrons. The second-order valence-corrected chi connectivity index (χ2v) is 5.99. The summed E-state index contributed by atoms with van der Waals surface area (Å²) in [5.74, 6) is -0.384. The molecule has 1 aromatic rings. The van der Waals surface area contributed by atoms with Gasteiger partial charge in [0.05, 0.1) is 11.3 Å². The molecule has 0 aliphatic rings. The monoisotopic (exact) mass is 420 g/mol. The Morgan fingerprint density at radius 3 is 2.42 bits per heavy atom. The van der Waals surface area contributed by atoms with E-state index in [0.29, 0.717) is 17.4 Å². The van der Waals surface area contributed by atoms with E-state index >= 15 is 0 Å². The molecule has 4 nitrogen and oxygen atoms in total. The Kier molecular flexibility index (Phi) is 17.1. The minimum absolute atomic E-state index is 0. The molecule has 0 fully saturated rings. The van der Waals surface area contributed by atoms with Crippen molar-refractivity contribution in [3.05, 3.63) is 36.8 Å². The van der Waals surface area contributed by atoms with E-state index in [1.54, 1.807) is 25.1 Å². The maximum atomic E-state index is 11.8. The molecule has 0 aromatic heterocycles. The molecular formula is C17H26NO3S2Zn-. The zero-order valence-corrected chi connectivity index (χ0v) is 19.0. The normalized spacial score (nSPS) is 10.7. The molecule has 24 heavy (non-hydrogen) atoms. The summed E-state index contributed by atoms with van der Waals surface area (Å²) in [6.45, 7) is 5.00. The Hall–Kier alpha value is -0.517. The maximum Gasteiger partial charge on any atom is 0.337 e. The summed E-state index contributed by atoms with van der Waals surface area (Å²) in [4.78, 5) is 22.9. The molecule has 1 aromatic carbocycles. The predicted octanol–water partition coefficient (Wildman–Crippen LogP) is 4.34. The van der Waals surface area contributed by atoms with Gasteiger partial charge in [-0.1, -0.05) is 18.6 Å². The number of hydrogen-bond donors (Lipinski definition) is 4. The van der Waals surface area contributed by atoms with E-state index in [4.69, 9.17) is 5.11 Å². The van der Waals surface area contributed by atoms with Gasteiger partial charge in [0.15, 0.2) is 0 Å². The van der Waals surface area contributed by atoms with Crippen molar-refractivity contribution >= 4 is 42.8 Å². The second kappa shape index (κ2) is 16.0. The maximum absolute atomic E-state index is 11.8. The minimum atomic E-state index is -1.05. The first kappa shape index (κ1) is 25.7. The summed E-state index contributed by atoms with van der Waals surface area (Å²) in [7, 11) is 0. The number of carboxylic acid groups (broad SMARTS) is 1. The van der Waals surface area contributed by atoms with E-state index in [2.05, 4.69) is 37.5 Å². The van der Waals surface area contributed by atoms with E-state index in [0.717, 1.165) is 31.4 Å². The number of para-hydroxylation sites is 1. The molecule has 0 bridgehead atoms. The van der Waals surface area contributed by atoms with Crippen LogP contribution in [0.3, 0.4) is 0 Å². The fraction of sp³-hybridized carbons (Fsp3) is 0.471. The molecule has 0 saturated heterocycles. The Balaban J connectivity index is 0. The Morgan fingerprint density at radius 1 is 1.21 bits per heavy atom. The van der Waals surface area contributed by atoms with Crippen LogP contribution in [0.15, 0.2) is 24.3 Å². The van der Waals surface area contributed by atoms with E-state index in [1.165, 1.54) is 6.07 Å². The largest absolute Gasteiger partial charge is 0.478 e. The van der Waals surface area contributed by atoms with Gasteiger partial charge in [-0.2, -0.15) is 32.2 Å². The number of rotatable bonds is 9. The van der Waals surface area contributed by atoms with Crippen LogP contribution in [0.1, 0.15) is 49.4 Å². The zero-order valence-electron chi connectivity index (χ0n) is 14.2. The minimum Gasteiger partial charge on any atom is -0.478 e. The number of thiol groups is 2. The average Bonchev–Trinajstić information content (AvgIpc) is 2.54. The third-order valence-corrected chi connectivity index (χ3v) is 3.86. The molecule has 0 heterocycles. The fourth-order valence-electron chi connectivity index (χ4n) is 1.95. The van der Waals surface area contributed by atoms with Crippen LogP contribution in [0.4, 0.5) is 5.69 Å². The summed E-state index contributed by atoms with van der Waals surface area (Å²) in [5.41, 5.74) is 0.451. The van der Waals surface area contributed by atoms with Gasteiger partial charge in [-0.15, -0.1) is 0 Å². The van der Waals surface area contributed by atoms with E-state index in [9.17, 15) is 9.59 Å². The molecule has 1 amide bonds. The van der Waals surface area contributed by atoms with Crippen molar-refractivity contribution < 1.29 is 34.2 Å². The summed E-state index contributed by atoms with van der Waals surface area (Å²) in [5, 5.41) is 12.0. The van der Waals surface area contributed by atoms with E-state index in [-0.39, 0.29) is 30.9 Å². The van der Waals surface area contributed by atoms with Crippen molar-refractivity contribution in [2.24, 2.45) is 0 Å². The summed E-state index contributed by atoms with van der Waals surface area (Å²) < 4.78 is 0. The molecule has 0 spiro atoms. The number of amides is 1. The summed E-state index contributed by atoms with van der Waals surface area (Å²) in [6, 6.07) is 6.40. The Labute approximate surface area is 168 Å². The molecule has 1 rings (SSSR count). The van der Waals surface area contributed by atoms with Crippen LogP contribution in [0.5, 0.6) is 0 Å². The number of anilines is 1. The number of carbonyl (C=O) groups is 2. The third kappa shape index (κ3) is 11.1. The van der Waals surface area contributed by atoms with Gasteiger partial charge in [0.25, 0.3) is 0 Å². The van der Waals surface area contributed by atoms with Crippen LogP contribution in [-0.2, 0) is 24.3 Å². The van der Waals surface area contributed by atoms with Crippen LogP contribution in [-0.4, -0.2) is 28.0 Å². The van der Waals surface area contributed by atoms with Crippen molar-refractivity contribution in [3.63, 3.8) is 0 Å². The molecule has 7 heteroatoms. The SMILES string of the molecule is O=C(CCCCC(S)CCS)Nc1ccccc1C(=O)O.[CH2-]C.[Zn]. The van der Waals surface area contributed by atoms with Gasteiger partial charge in [0, 0.05) is 31.1 Å². The third-order valence-electron chi connectivity index (χ3n) is 3.09. The topological polar surface area (TPSA) is 66.4 Å². The van der Waals surface area contributed by atoms with Gasteiger partial charge >= 0.3 is 5.97 Å². The van der Waals surface area contributed by atoms with Crippen LogP contribution < -0.4 is 5.32 Å². The van der Waals surface area contributed by atoms with Crippen molar-refractivity contribution in [1.29, 1.82) is 0 Å². The first-order valence-electron chi connectivity index (χ1n) is 7.66. The van der Waals surface area contributed by atoms with Crippen LogP contribution in [0.25, 0.3) is 0 Å². The van der Waals surface area contributed by atoms with Crippen molar-refractivity contribution in [2.75, 3.05) is 11.1 Å². The van der Waals surface area contributed by atoms with E-state index < -0.39 is 5.97 Å². The van der Waals surface area contributed by atoms with Gasteiger partial charge in [-0.3, -0.25) is 4.79 Å². The molecule has 0 aliphatic heterocycles. The van der Waals surface area contributed by atoms with Gasteiger partial charge < -0.3 is 17.3 Å². The predicted molar refractivity (Wildman–Crippen MR) is 103 cm³/mol. The number of hydrogen-bond acceptors (Lipinski definition) is 4. The molecule has 132 valence electrons.